The predicted octanol–water partition coefficient (Wildman–Crippen LogP) is 11.6. The number of thiophene rings is 1. The molecule has 0 atom stereocenters. The smallest absolute Gasteiger partial charge is 0.164 e. The molecular formula is C43H33N3S. The van der Waals surface area contributed by atoms with E-state index in [-0.39, 0.29) is 10.8 Å². The van der Waals surface area contributed by atoms with Crippen molar-refractivity contribution in [1.29, 1.82) is 0 Å². The highest BCUT2D eigenvalue weighted by molar-refractivity contribution is 7.25. The van der Waals surface area contributed by atoms with E-state index in [0.717, 1.165) is 22.1 Å². The zero-order valence-corrected chi connectivity index (χ0v) is 27.7. The summed E-state index contributed by atoms with van der Waals surface area (Å²) in [7, 11) is 0. The molecule has 9 rings (SSSR count). The molecule has 0 aliphatic heterocycles. The summed E-state index contributed by atoms with van der Waals surface area (Å²) in [5.41, 5.74) is 8.12. The number of hydrogen-bond donors (Lipinski definition) is 0. The summed E-state index contributed by atoms with van der Waals surface area (Å²) >= 11 is 1.81. The van der Waals surface area contributed by atoms with E-state index in [9.17, 15) is 0 Å². The second-order valence-corrected chi connectivity index (χ2v) is 14.8. The summed E-state index contributed by atoms with van der Waals surface area (Å²) in [5.74, 6) is 2.05. The zero-order chi connectivity index (χ0) is 31.9. The molecule has 0 N–H and O–H groups in total. The molecule has 0 saturated carbocycles. The van der Waals surface area contributed by atoms with Gasteiger partial charge in [-0.2, -0.15) is 0 Å². The first-order chi connectivity index (χ1) is 22.8. The number of hydrogen-bond acceptors (Lipinski definition) is 4. The van der Waals surface area contributed by atoms with Gasteiger partial charge in [-0.3, -0.25) is 0 Å². The molecule has 6 aromatic carbocycles. The van der Waals surface area contributed by atoms with E-state index >= 15 is 0 Å². The van der Waals surface area contributed by atoms with Crippen molar-refractivity contribution in [2.24, 2.45) is 0 Å². The molecule has 0 unspecified atom stereocenters. The standard InChI is InChI=1S/C43H33N3S/c1-42(2)34-17-9-7-14-30(34)31-23-22-29(25-35(31)43(42,3)4)40-44-39(28-21-20-26-12-5-6-13-27(26)24-28)45-41(46-40)33-16-11-19-37-38(33)32-15-8-10-18-36(32)47-37/h5-25H,1-4H3. The third kappa shape index (κ3) is 4.21. The molecular weight excluding hydrogens is 591 g/mol. The van der Waals surface area contributed by atoms with Crippen molar-refractivity contribution in [3.8, 4) is 45.3 Å². The van der Waals surface area contributed by atoms with E-state index in [1.54, 1.807) is 0 Å². The average molecular weight is 624 g/mol. The van der Waals surface area contributed by atoms with Crippen LogP contribution in [0.15, 0.2) is 127 Å². The molecule has 2 heterocycles. The van der Waals surface area contributed by atoms with Crippen LogP contribution in [0.25, 0.3) is 76.2 Å². The van der Waals surface area contributed by atoms with Gasteiger partial charge in [-0.25, -0.2) is 15.0 Å². The van der Waals surface area contributed by atoms with Crippen LogP contribution in [0.3, 0.4) is 0 Å². The van der Waals surface area contributed by atoms with Gasteiger partial charge in [0.05, 0.1) is 0 Å². The average Bonchev–Trinajstić information content (AvgIpc) is 3.49. The van der Waals surface area contributed by atoms with E-state index in [1.807, 2.05) is 11.3 Å². The summed E-state index contributed by atoms with van der Waals surface area (Å²) in [5, 5.41) is 4.78. The van der Waals surface area contributed by atoms with Gasteiger partial charge in [0.15, 0.2) is 17.5 Å². The van der Waals surface area contributed by atoms with E-state index in [4.69, 9.17) is 15.0 Å². The minimum absolute atomic E-state index is 0.0641. The summed E-state index contributed by atoms with van der Waals surface area (Å²) in [6.07, 6.45) is 0. The molecule has 0 spiro atoms. The Morgan fingerprint density at radius 2 is 1.04 bits per heavy atom. The van der Waals surface area contributed by atoms with Crippen LogP contribution in [-0.4, -0.2) is 15.0 Å². The predicted molar refractivity (Wildman–Crippen MR) is 198 cm³/mol. The van der Waals surface area contributed by atoms with Gasteiger partial charge in [0.25, 0.3) is 0 Å². The van der Waals surface area contributed by atoms with Crippen LogP contribution < -0.4 is 0 Å². The Morgan fingerprint density at radius 1 is 0.447 bits per heavy atom. The van der Waals surface area contributed by atoms with Crippen molar-refractivity contribution >= 4 is 42.3 Å². The Bertz CT molecular complexity index is 2540. The van der Waals surface area contributed by atoms with Crippen LogP contribution in [0.1, 0.15) is 38.8 Å². The Labute approximate surface area is 278 Å². The first kappa shape index (κ1) is 28.1. The number of rotatable bonds is 3. The molecule has 0 fully saturated rings. The van der Waals surface area contributed by atoms with Gasteiger partial charge in [0.2, 0.25) is 0 Å². The van der Waals surface area contributed by atoms with E-state index in [0.29, 0.717) is 17.5 Å². The maximum atomic E-state index is 5.26. The minimum atomic E-state index is -0.120. The van der Waals surface area contributed by atoms with Gasteiger partial charge < -0.3 is 0 Å². The van der Waals surface area contributed by atoms with Gasteiger partial charge >= 0.3 is 0 Å². The zero-order valence-electron chi connectivity index (χ0n) is 26.9. The molecule has 1 aliphatic carbocycles. The van der Waals surface area contributed by atoms with Crippen LogP contribution in [0.5, 0.6) is 0 Å². The van der Waals surface area contributed by atoms with Gasteiger partial charge in [-0.15, -0.1) is 11.3 Å². The number of nitrogens with zero attached hydrogens (tertiary/aromatic N) is 3. The lowest BCUT2D eigenvalue weighted by Gasteiger charge is -2.48. The fourth-order valence-corrected chi connectivity index (χ4v) is 8.55. The topological polar surface area (TPSA) is 38.7 Å². The fourth-order valence-electron chi connectivity index (χ4n) is 7.42. The van der Waals surface area contributed by atoms with Gasteiger partial charge in [0.1, 0.15) is 0 Å². The molecule has 4 heteroatoms. The van der Waals surface area contributed by atoms with Crippen LogP contribution in [0.2, 0.25) is 0 Å². The van der Waals surface area contributed by atoms with Crippen molar-refractivity contribution in [2.75, 3.05) is 0 Å². The molecule has 8 aromatic rings. The molecule has 2 aromatic heterocycles. The number of fused-ring (bicyclic) bond motifs is 7. The van der Waals surface area contributed by atoms with Crippen LogP contribution >= 0.6 is 11.3 Å². The maximum absolute atomic E-state index is 5.26. The second-order valence-electron chi connectivity index (χ2n) is 13.7. The van der Waals surface area contributed by atoms with E-state index in [1.165, 1.54) is 47.8 Å². The fraction of sp³-hybridized carbons (Fsp3) is 0.140. The lowest BCUT2D eigenvalue weighted by atomic mass is 9.55. The highest BCUT2D eigenvalue weighted by atomic mass is 32.1. The molecule has 0 amide bonds. The first-order valence-corrected chi connectivity index (χ1v) is 17.0. The van der Waals surface area contributed by atoms with Gasteiger partial charge in [-0.1, -0.05) is 131 Å². The molecule has 0 bridgehead atoms. The molecule has 0 saturated heterocycles. The molecule has 47 heavy (non-hydrogen) atoms. The summed E-state index contributed by atoms with van der Waals surface area (Å²) in [4.78, 5) is 15.6. The maximum Gasteiger partial charge on any atom is 0.164 e. The van der Waals surface area contributed by atoms with Crippen molar-refractivity contribution in [3.05, 3.63) is 139 Å². The first-order valence-electron chi connectivity index (χ1n) is 16.2. The van der Waals surface area contributed by atoms with Crippen molar-refractivity contribution in [1.82, 2.24) is 15.0 Å². The number of benzene rings is 6. The second kappa shape index (κ2) is 10.2. The third-order valence-corrected chi connectivity index (χ3v) is 11.8. The summed E-state index contributed by atoms with van der Waals surface area (Å²) in [6.45, 7) is 9.47. The van der Waals surface area contributed by atoms with Crippen LogP contribution in [0.4, 0.5) is 0 Å². The van der Waals surface area contributed by atoms with Crippen LogP contribution in [-0.2, 0) is 10.8 Å². The number of aromatic nitrogens is 3. The SMILES string of the molecule is CC1(C)c2ccccc2-c2ccc(-c3nc(-c4ccc5ccccc5c4)nc(-c4cccc5sc6ccccc6c45)n3)cc2C1(C)C. The van der Waals surface area contributed by atoms with Crippen molar-refractivity contribution < 1.29 is 0 Å². The lowest BCUT2D eigenvalue weighted by Crippen LogP contribution is -2.43. The van der Waals surface area contributed by atoms with Crippen molar-refractivity contribution in [3.63, 3.8) is 0 Å². The lowest BCUT2D eigenvalue weighted by molar-refractivity contribution is 0.299. The van der Waals surface area contributed by atoms with E-state index < -0.39 is 0 Å². The summed E-state index contributed by atoms with van der Waals surface area (Å²) in [6, 6.07) is 45.6. The molecule has 226 valence electrons. The Kier molecular flexibility index (Phi) is 6.06. The highest BCUT2D eigenvalue weighted by Gasteiger charge is 2.45. The Hall–Kier alpha value is -5.19. The minimum Gasteiger partial charge on any atom is -0.208 e. The Morgan fingerprint density at radius 3 is 1.89 bits per heavy atom. The largest absolute Gasteiger partial charge is 0.208 e. The van der Waals surface area contributed by atoms with Gasteiger partial charge in [-0.05, 0) is 68.1 Å². The molecule has 3 nitrogen and oxygen atoms in total. The monoisotopic (exact) mass is 623 g/mol. The third-order valence-electron chi connectivity index (χ3n) is 10.7. The van der Waals surface area contributed by atoms with E-state index in [2.05, 4.69) is 155 Å². The summed E-state index contributed by atoms with van der Waals surface area (Å²) < 4.78 is 2.49. The normalized spacial score (nSPS) is 14.7. The highest BCUT2D eigenvalue weighted by Crippen LogP contribution is 2.54. The van der Waals surface area contributed by atoms with Crippen molar-refractivity contribution in [2.45, 2.75) is 38.5 Å². The molecule has 1 aliphatic rings. The van der Waals surface area contributed by atoms with Crippen LogP contribution in [0, 0.1) is 0 Å². The molecule has 0 radical (unpaired) electrons. The van der Waals surface area contributed by atoms with Gasteiger partial charge in [0, 0.05) is 36.9 Å². The quantitative estimate of drug-likeness (QED) is 0.197. The Balaban J connectivity index is 1.30.